The molecule has 4 unspecified atom stereocenters. The van der Waals surface area contributed by atoms with Crippen molar-refractivity contribution < 1.29 is 65.2 Å². The van der Waals surface area contributed by atoms with Crippen LogP contribution >= 0.6 is 0 Å². The number of hydrogen-bond donors (Lipinski definition) is 4. The molecule has 0 aliphatic carbocycles. The summed E-state index contributed by atoms with van der Waals surface area (Å²) in [5, 5.41) is 18.0. The van der Waals surface area contributed by atoms with E-state index in [1.54, 1.807) is 65.0 Å². The van der Waals surface area contributed by atoms with E-state index in [-0.39, 0.29) is 18.8 Å². The van der Waals surface area contributed by atoms with Gasteiger partial charge in [-0.15, -0.1) is 0 Å². The van der Waals surface area contributed by atoms with Crippen LogP contribution in [0.2, 0.25) is 0 Å². The smallest absolute Gasteiger partial charge is 0.407 e. The lowest BCUT2D eigenvalue weighted by atomic mass is 9.99. The summed E-state index contributed by atoms with van der Waals surface area (Å²) in [4.78, 5) is 64.0. The molecule has 49 heavy (non-hydrogen) atoms. The molecule has 0 saturated carbocycles. The van der Waals surface area contributed by atoms with Crippen molar-refractivity contribution in [2.75, 3.05) is 7.11 Å². The van der Waals surface area contributed by atoms with Gasteiger partial charge >= 0.3 is 18.0 Å². The maximum absolute atomic E-state index is 14.0. The molecular weight excluding hydrogens is 665 g/mol. The van der Waals surface area contributed by atoms with Crippen molar-refractivity contribution in [2.24, 2.45) is 5.92 Å². The summed E-state index contributed by atoms with van der Waals surface area (Å²) in [6, 6.07) is 3.86. The molecule has 12 nitrogen and oxygen atoms in total. The van der Waals surface area contributed by atoms with Gasteiger partial charge in [-0.2, -0.15) is 8.78 Å². The largest absolute Gasteiger partial charge is 0.467 e. The molecule has 0 aromatic heterocycles. The van der Waals surface area contributed by atoms with Crippen LogP contribution in [-0.4, -0.2) is 71.9 Å². The maximum Gasteiger partial charge on any atom is 0.407 e. The highest BCUT2D eigenvalue weighted by molar-refractivity contribution is 5.93. The third kappa shape index (κ3) is 12.0. The van der Waals surface area contributed by atoms with E-state index >= 15 is 0 Å². The molecule has 270 valence electrons. The average molecular weight is 704 g/mol. The van der Waals surface area contributed by atoms with Crippen LogP contribution in [0.15, 0.2) is 30.3 Å². The topological polar surface area (TPSA) is 169 Å². The Morgan fingerprint density at radius 1 is 0.796 bits per heavy atom. The molecular formula is C32H38F5N3O9. The zero-order chi connectivity index (χ0) is 37.2. The first-order valence-electron chi connectivity index (χ1n) is 14.9. The Bertz CT molecular complexity index is 1490. The minimum atomic E-state index is -2.50. The Hall–Kier alpha value is -4.80. The van der Waals surface area contributed by atoms with E-state index in [1.807, 2.05) is 0 Å². The van der Waals surface area contributed by atoms with Gasteiger partial charge < -0.3 is 35.3 Å². The van der Waals surface area contributed by atoms with Gasteiger partial charge in [0.15, 0.2) is 6.10 Å². The van der Waals surface area contributed by atoms with E-state index in [4.69, 9.17) is 4.74 Å². The summed E-state index contributed by atoms with van der Waals surface area (Å²) in [5.41, 5.74) is -0.281. The van der Waals surface area contributed by atoms with E-state index in [1.165, 1.54) is 0 Å². The maximum atomic E-state index is 14.0. The molecule has 0 radical (unpaired) electrons. The molecule has 4 atom stereocenters. The van der Waals surface area contributed by atoms with Gasteiger partial charge in [-0.1, -0.05) is 44.2 Å². The summed E-state index contributed by atoms with van der Waals surface area (Å²) >= 11 is 0. The summed E-state index contributed by atoms with van der Waals surface area (Å²) in [6.45, 7) is 8.17. The molecule has 0 bridgehead atoms. The Morgan fingerprint density at radius 2 is 1.33 bits per heavy atom. The summed E-state index contributed by atoms with van der Waals surface area (Å²) in [7, 11) is 0.866. The standard InChI is InChI=1S/C32H38F5N3O9/c1-15(2)12-18(38-29(44)26(42)17(13-16-10-8-7-9-11-16)40-31(46)49-32(3,4)5)28(43)39-19(30(45)47-6)14-20(41)48-27-24(36)22(34)21(33)23(35)25(27)37/h7-11,15,17-19,26,42H,12-14H2,1-6H3,(H,38,44)(H,39,43)(H,40,46). The van der Waals surface area contributed by atoms with Crippen molar-refractivity contribution in [3.8, 4) is 5.75 Å². The predicted octanol–water partition coefficient (Wildman–Crippen LogP) is 3.36. The van der Waals surface area contributed by atoms with Crippen LogP contribution in [0.25, 0.3) is 0 Å². The Balaban J connectivity index is 2.27. The fraction of sp³-hybridized carbons (Fsp3) is 0.469. The molecule has 3 amide bonds. The number of halogens is 5. The number of alkyl carbamates (subject to hydrolysis) is 1. The van der Waals surface area contributed by atoms with Gasteiger partial charge in [-0.3, -0.25) is 14.4 Å². The van der Waals surface area contributed by atoms with Crippen molar-refractivity contribution in [3.63, 3.8) is 0 Å². The number of ether oxygens (including phenoxy) is 3. The third-order valence-corrected chi connectivity index (χ3v) is 6.55. The predicted molar refractivity (Wildman–Crippen MR) is 161 cm³/mol. The SMILES string of the molecule is COC(=O)C(CC(=O)Oc1c(F)c(F)c(F)c(F)c1F)NC(=O)C(CC(C)C)NC(=O)C(O)C(Cc1ccccc1)NC(=O)OC(C)(C)C. The van der Waals surface area contributed by atoms with Crippen molar-refractivity contribution in [3.05, 3.63) is 65.0 Å². The number of methoxy groups -OCH3 is 1. The molecule has 0 saturated heterocycles. The van der Waals surface area contributed by atoms with Gasteiger partial charge in [0.2, 0.25) is 40.7 Å². The number of carbonyl (C=O) groups is 5. The van der Waals surface area contributed by atoms with Crippen molar-refractivity contribution in [1.29, 1.82) is 0 Å². The lowest BCUT2D eigenvalue weighted by Gasteiger charge is -2.28. The van der Waals surface area contributed by atoms with Crippen LogP contribution in [-0.2, 0) is 35.1 Å². The highest BCUT2D eigenvalue weighted by Gasteiger charge is 2.35. The van der Waals surface area contributed by atoms with E-state index in [0.29, 0.717) is 5.56 Å². The highest BCUT2D eigenvalue weighted by Crippen LogP contribution is 2.29. The zero-order valence-electron chi connectivity index (χ0n) is 27.5. The van der Waals surface area contributed by atoms with Crippen LogP contribution in [0.1, 0.15) is 53.0 Å². The summed E-state index contributed by atoms with van der Waals surface area (Å²) in [6.07, 6.45) is -4.21. The Labute approximate surface area is 278 Å². The number of amides is 3. The summed E-state index contributed by atoms with van der Waals surface area (Å²) in [5.74, 6) is -19.6. The van der Waals surface area contributed by atoms with Gasteiger partial charge in [0.1, 0.15) is 17.7 Å². The van der Waals surface area contributed by atoms with Crippen LogP contribution < -0.4 is 20.7 Å². The first-order chi connectivity index (χ1) is 22.7. The number of aliphatic hydroxyl groups is 1. The fourth-order valence-electron chi connectivity index (χ4n) is 4.32. The number of rotatable bonds is 14. The number of aliphatic hydroxyl groups excluding tert-OH is 1. The van der Waals surface area contributed by atoms with Gasteiger partial charge in [0.05, 0.1) is 19.6 Å². The van der Waals surface area contributed by atoms with E-state index in [0.717, 1.165) is 7.11 Å². The van der Waals surface area contributed by atoms with Crippen molar-refractivity contribution in [1.82, 2.24) is 16.0 Å². The highest BCUT2D eigenvalue weighted by atomic mass is 19.2. The van der Waals surface area contributed by atoms with Gasteiger partial charge in [0.25, 0.3) is 5.91 Å². The molecule has 0 spiro atoms. The average Bonchev–Trinajstić information content (AvgIpc) is 3.02. The Kier molecular flexibility index (Phi) is 14.5. The monoisotopic (exact) mass is 703 g/mol. The fourth-order valence-corrected chi connectivity index (χ4v) is 4.32. The van der Waals surface area contributed by atoms with Crippen molar-refractivity contribution >= 4 is 29.8 Å². The number of carbonyl (C=O) groups excluding carboxylic acids is 5. The van der Waals surface area contributed by atoms with Gasteiger partial charge in [-0.05, 0) is 45.1 Å². The number of benzene rings is 2. The Morgan fingerprint density at radius 3 is 1.84 bits per heavy atom. The lowest BCUT2D eigenvalue weighted by molar-refractivity contribution is -0.149. The molecule has 0 aliphatic heterocycles. The molecule has 0 aliphatic rings. The third-order valence-electron chi connectivity index (χ3n) is 6.55. The quantitative estimate of drug-likeness (QED) is 0.0758. The van der Waals surface area contributed by atoms with Crippen LogP contribution in [0, 0.1) is 35.0 Å². The number of nitrogens with one attached hydrogen (secondary N) is 3. The van der Waals surface area contributed by atoms with Crippen LogP contribution in [0.3, 0.4) is 0 Å². The second-order valence-corrected chi connectivity index (χ2v) is 12.2. The zero-order valence-corrected chi connectivity index (χ0v) is 27.5. The molecule has 4 N–H and O–H groups in total. The van der Waals surface area contributed by atoms with E-state index in [2.05, 4.69) is 25.4 Å². The lowest BCUT2D eigenvalue weighted by Crippen LogP contribution is -2.58. The van der Waals surface area contributed by atoms with E-state index in [9.17, 15) is 51.0 Å². The second kappa shape index (κ2) is 17.6. The number of esters is 2. The minimum Gasteiger partial charge on any atom is -0.467 e. The van der Waals surface area contributed by atoms with Gasteiger partial charge in [0, 0.05) is 0 Å². The van der Waals surface area contributed by atoms with E-state index < -0.39 is 101 Å². The molecule has 0 heterocycles. The van der Waals surface area contributed by atoms with Gasteiger partial charge in [-0.25, -0.2) is 22.8 Å². The first kappa shape index (κ1) is 40.4. The van der Waals surface area contributed by atoms with Crippen LogP contribution in [0.5, 0.6) is 5.75 Å². The minimum absolute atomic E-state index is 0.0364. The first-order valence-corrected chi connectivity index (χ1v) is 14.9. The van der Waals surface area contributed by atoms with Crippen LogP contribution in [0.4, 0.5) is 26.7 Å². The van der Waals surface area contributed by atoms with Crippen molar-refractivity contribution in [2.45, 2.75) is 83.7 Å². The molecule has 2 aromatic rings. The second-order valence-electron chi connectivity index (χ2n) is 12.2. The molecule has 2 rings (SSSR count). The molecule has 17 heteroatoms. The number of hydrogen-bond acceptors (Lipinski definition) is 9. The molecule has 0 fully saturated rings. The summed E-state index contributed by atoms with van der Waals surface area (Å²) < 4.78 is 82.6. The normalized spacial score (nSPS) is 13.8. The molecule has 2 aromatic carbocycles.